The Morgan fingerprint density at radius 3 is 2.52 bits per heavy atom. The standard InChI is InChI=1S/C23H27N3O3/c1-17(2)29-21-12-10-18(11-13-21)23-19(15-24-14-6-9-22(27)28)16-26(25-23)20-7-4-3-5-8-20/h3-5,7-8,10-13,16-17,24H,6,9,14-15H2,1-2H3,(H,27,28). The predicted molar refractivity (Wildman–Crippen MR) is 113 cm³/mol. The topological polar surface area (TPSA) is 76.4 Å². The minimum atomic E-state index is -0.770. The van der Waals surface area contributed by atoms with Gasteiger partial charge in [-0.05, 0) is 63.2 Å². The summed E-state index contributed by atoms with van der Waals surface area (Å²) in [5.41, 5.74) is 3.96. The van der Waals surface area contributed by atoms with E-state index < -0.39 is 5.97 Å². The Bertz CT molecular complexity index is 918. The van der Waals surface area contributed by atoms with E-state index in [1.165, 1.54) is 0 Å². The first kappa shape index (κ1) is 20.6. The number of rotatable bonds is 10. The first-order valence-electron chi connectivity index (χ1n) is 9.86. The van der Waals surface area contributed by atoms with Crippen LogP contribution < -0.4 is 10.1 Å². The molecule has 1 heterocycles. The molecule has 0 unspecified atom stereocenters. The van der Waals surface area contributed by atoms with Gasteiger partial charge in [0.1, 0.15) is 5.75 Å². The van der Waals surface area contributed by atoms with Crippen LogP contribution in [0, 0.1) is 0 Å². The highest BCUT2D eigenvalue weighted by Crippen LogP contribution is 2.26. The number of hydrogen-bond acceptors (Lipinski definition) is 4. The van der Waals surface area contributed by atoms with Gasteiger partial charge in [-0.25, -0.2) is 4.68 Å². The van der Waals surface area contributed by atoms with Crippen molar-refractivity contribution in [1.82, 2.24) is 15.1 Å². The molecule has 152 valence electrons. The number of hydrogen-bond donors (Lipinski definition) is 2. The molecule has 0 saturated heterocycles. The normalized spacial score (nSPS) is 11.0. The minimum Gasteiger partial charge on any atom is -0.491 e. The van der Waals surface area contributed by atoms with Crippen LogP contribution in [0.2, 0.25) is 0 Å². The monoisotopic (exact) mass is 393 g/mol. The fourth-order valence-corrected chi connectivity index (χ4v) is 3.05. The summed E-state index contributed by atoms with van der Waals surface area (Å²) in [4.78, 5) is 10.7. The van der Waals surface area contributed by atoms with Crippen molar-refractivity contribution in [2.45, 2.75) is 39.3 Å². The highest BCUT2D eigenvalue weighted by molar-refractivity contribution is 5.66. The molecule has 0 amide bonds. The molecule has 2 N–H and O–H groups in total. The zero-order valence-corrected chi connectivity index (χ0v) is 16.8. The van der Waals surface area contributed by atoms with Crippen molar-refractivity contribution in [2.75, 3.05) is 6.54 Å². The summed E-state index contributed by atoms with van der Waals surface area (Å²) in [6.07, 6.45) is 2.91. The van der Waals surface area contributed by atoms with Crippen LogP contribution in [0.3, 0.4) is 0 Å². The number of ether oxygens (including phenoxy) is 1. The van der Waals surface area contributed by atoms with Gasteiger partial charge in [0.2, 0.25) is 0 Å². The Morgan fingerprint density at radius 2 is 1.86 bits per heavy atom. The third-order valence-electron chi connectivity index (χ3n) is 4.37. The van der Waals surface area contributed by atoms with Crippen LogP contribution in [-0.4, -0.2) is 33.5 Å². The molecule has 0 atom stereocenters. The summed E-state index contributed by atoms with van der Waals surface area (Å²) in [6.45, 7) is 5.27. The molecule has 3 aromatic rings. The van der Waals surface area contributed by atoms with Gasteiger partial charge < -0.3 is 15.2 Å². The molecule has 1 aromatic heterocycles. The summed E-state index contributed by atoms with van der Waals surface area (Å²) >= 11 is 0. The van der Waals surface area contributed by atoms with E-state index in [-0.39, 0.29) is 12.5 Å². The van der Waals surface area contributed by atoms with Crippen molar-refractivity contribution in [3.05, 3.63) is 66.4 Å². The number of para-hydroxylation sites is 1. The van der Waals surface area contributed by atoms with Gasteiger partial charge in [-0.2, -0.15) is 5.10 Å². The predicted octanol–water partition coefficient (Wildman–Crippen LogP) is 4.28. The van der Waals surface area contributed by atoms with Crippen LogP contribution in [0.5, 0.6) is 5.75 Å². The third kappa shape index (κ3) is 5.93. The van der Waals surface area contributed by atoms with Crippen molar-refractivity contribution in [2.24, 2.45) is 0 Å². The Balaban J connectivity index is 1.81. The molecule has 0 aliphatic rings. The quantitative estimate of drug-likeness (QED) is 0.503. The maximum atomic E-state index is 10.7. The van der Waals surface area contributed by atoms with E-state index in [0.717, 1.165) is 28.3 Å². The lowest BCUT2D eigenvalue weighted by atomic mass is 10.1. The smallest absolute Gasteiger partial charge is 0.303 e. The summed E-state index contributed by atoms with van der Waals surface area (Å²) in [6, 6.07) is 17.9. The third-order valence-corrected chi connectivity index (χ3v) is 4.37. The van der Waals surface area contributed by atoms with Crippen LogP contribution in [0.15, 0.2) is 60.8 Å². The molecule has 0 aliphatic heterocycles. The van der Waals surface area contributed by atoms with Gasteiger partial charge in [0, 0.05) is 30.3 Å². The number of benzene rings is 2. The van der Waals surface area contributed by atoms with Crippen LogP contribution >= 0.6 is 0 Å². The zero-order chi connectivity index (χ0) is 20.6. The summed E-state index contributed by atoms with van der Waals surface area (Å²) < 4.78 is 7.61. The minimum absolute atomic E-state index is 0.128. The Morgan fingerprint density at radius 1 is 1.14 bits per heavy atom. The summed E-state index contributed by atoms with van der Waals surface area (Å²) in [5, 5.41) is 16.9. The molecule has 3 rings (SSSR count). The lowest BCUT2D eigenvalue weighted by molar-refractivity contribution is -0.137. The Hall–Kier alpha value is -3.12. The number of aliphatic carboxylic acids is 1. The molecule has 0 saturated carbocycles. The van der Waals surface area contributed by atoms with Crippen molar-refractivity contribution in [3.63, 3.8) is 0 Å². The van der Waals surface area contributed by atoms with E-state index in [0.29, 0.717) is 19.5 Å². The first-order valence-corrected chi connectivity index (χ1v) is 9.86. The van der Waals surface area contributed by atoms with Gasteiger partial charge in [0.15, 0.2) is 0 Å². The number of carboxylic acid groups (broad SMARTS) is 1. The maximum absolute atomic E-state index is 10.7. The van der Waals surface area contributed by atoms with Crippen molar-refractivity contribution in [1.29, 1.82) is 0 Å². The van der Waals surface area contributed by atoms with E-state index in [4.69, 9.17) is 14.9 Å². The number of carbonyl (C=O) groups is 1. The fraction of sp³-hybridized carbons (Fsp3) is 0.304. The van der Waals surface area contributed by atoms with E-state index in [2.05, 4.69) is 5.32 Å². The van der Waals surface area contributed by atoms with Gasteiger partial charge in [-0.15, -0.1) is 0 Å². The second kappa shape index (κ2) is 9.89. The Kier molecular flexibility index (Phi) is 7.03. The summed E-state index contributed by atoms with van der Waals surface area (Å²) in [5.74, 6) is 0.0627. The number of carboxylic acids is 1. The molecule has 0 fully saturated rings. The molecule has 2 aromatic carbocycles. The lowest BCUT2D eigenvalue weighted by Crippen LogP contribution is -2.15. The molecular weight excluding hydrogens is 366 g/mol. The Labute approximate surface area is 171 Å². The van der Waals surface area contributed by atoms with Crippen LogP contribution in [0.1, 0.15) is 32.3 Å². The van der Waals surface area contributed by atoms with Crippen molar-refractivity contribution < 1.29 is 14.6 Å². The lowest BCUT2D eigenvalue weighted by Gasteiger charge is -2.10. The maximum Gasteiger partial charge on any atom is 0.303 e. The van der Waals surface area contributed by atoms with E-state index in [9.17, 15) is 4.79 Å². The average molecular weight is 393 g/mol. The second-order valence-electron chi connectivity index (χ2n) is 7.15. The molecule has 0 radical (unpaired) electrons. The number of nitrogens with zero attached hydrogens (tertiary/aromatic N) is 2. The molecule has 0 aliphatic carbocycles. The van der Waals surface area contributed by atoms with Gasteiger partial charge in [-0.1, -0.05) is 18.2 Å². The van der Waals surface area contributed by atoms with Crippen LogP contribution in [-0.2, 0) is 11.3 Å². The van der Waals surface area contributed by atoms with Gasteiger partial charge >= 0.3 is 5.97 Å². The fourth-order valence-electron chi connectivity index (χ4n) is 3.05. The molecule has 6 heteroatoms. The van der Waals surface area contributed by atoms with Crippen molar-refractivity contribution in [3.8, 4) is 22.7 Å². The first-order chi connectivity index (χ1) is 14.0. The highest BCUT2D eigenvalue weighted by atomic mass is 16.5. The SMILES string of the molecule is CC(C)Oc1ccc(-c2nn(-c3ccccc3)cc2CNCCCC(=O)O)cc1. The van der Waals surface area contributed by atoms with Gasteiger partial charge in [0.25, 0.3) is 0 Å². The van der Waals surface area contributed by atoms with E-state index in [1.807, 2.05) is 79.3 Å². The highest BCUT2D eigenvalue weighted by Gasteiger charge is 2.13. The van der Waals surface area contributed by atoms with Crippen LogP contribution in [0.25, 0.3) is 16.9 Å². The van der Waals surface area contributed by atoms with Crippen molar-refractivity contribution >= 4 is 5.97 Å². The summed E-state index contributed by atoms with van der Waals surface area (Å²) in [7, 11) is 0. The van der Waals surface area contributed by atoms with Gasteiger partial charge in [-0.3, -0.25) is 4.79 Å². The molecule has 6 nitrogen and oxygen atoms in total. The average Bonchev–Trinajstić information content (AvgIpc) is 3.12. The number of nitrogens with one attached hydrogen (secondary N) is 1. The number of aromatic nitrogens is 2. The molecule has 0 spiro atoms. The van der Waals surface area contributed by atoms with Gasteiger partial charge in [0.05, 0.1) is 17.5 Å². The van der Waals surface area contributed by atoms with E-state index in [1.54, 1.807) is 0 Å². The zero-order valence-electron chi connectivity index (χ0n) is 16.8. The largest absolute Gasteiger partial charge is 0.491 e. The molecule has 0 bridgehead atoms. The van der Waals surface area contributed by atoms with Crippen LogP contribution in [0.4, 0.5) is 0 Å². The van der Waals surface area contributed by atoms with E-state index >= 15 is 0 Å². The molecular formula is C23H27N3O3. The molecule has 29 heavy (non-hydrogen) atoms. The second-order valence-corrected chi connectivity index (χ2v) is 7.15.